The molecule has 0 amide bonds. The Kier molecular flexibility index (Phi) is 4.05. The van der Waals surface area contributed by atoms with Crippen molar-refractivity contribution < 1.29 is 9.53 Å². The number of halogens is 1. The molecule has 0 aliphatic carbocycles. The number of para-hydroxylation sites is 1. The van der Waals surface area contributed by atoms with E-state index in [1.54, 1.807) is 13.8 Å². The van der Waals surface area contributed by atoms with Gasteiger partial charge in [-0.2, -0.15) is 4.98 Å². The quantitative estimate of drug-likeness (QED) is 0.539. The maximum absolute atomic E-state index is 12.3. The van der Waals surface area contributed by atoms with Crippen LogP contribution in [-0.2, 0) is 4.74 Å². The van der Waals surface area contributed by atoms with Gasteiger partial charge >= 0.3 is 5.97 Å². The van der Waals surface area contributed by atoms with Crippen molar-refractivity contribution in [3.8, 4) is 5.82 Å². The topological polar surface area (TPSA) is 57.0 Å². The third kappa shape index (κ3) is 2.92. The van der Waals surface area contributed by atoms with E-state index >= 15 is 0 Å². The summed E-state index contributed by atoms with van der Waals surface area (Å²) in [4.78, 5) is 20.5. The number of nitrogens with zero attached hydrogens (tertiary/aromatic N) is 3. The molecule has 118 valence electrons. The molecule has 1 aromatic carbocycles. The zero-order valence-electron chi connectivity index (χ0n) is 13.1. The lowest BCUT2D eigenvalue weighted by atomic mass is 10.2. The Morgan fingerprint density at radius 1 is 1.30 bits per heavy atom. The van der Waals surface area contributed by atoms with Gasteiger partial charge in [-0.15, -0.1) is 0 Å². The highest BCUT2D eigenvalue weighted by Gasteiger charge is 2.20. The fourth-order valence-corrected chi connectivity index (χ4v) is 2.61. The SMILES string of the molecule is Cc1cn(-c2nc(Cl)ncc2C(=O)OC(C)C)c2ccccc12. The summed E-state index contributed by atoms with van der Waals surface area (Å²) >= 11 is 5.95. The van der Waals surface area contributed by atoms with E-state index in [2.05, 4.69) is 9.97 Å². The molecule has 0 saturated carbocycles. The van der Waals surface area contributed by atoms with E-state index in [-0.39, 0.29) is 17.0 Å². The molecule has 2 heterocycles. The molecule has 0 N–H and O–H groups in total. The summed E-state index contributed by atoms with van der Waals surface area (Å²) in [6, 6.07) is 7.90. The predicted molar refractivity (Wildman–Crippen MR) is 89.2 cm³/mol. The number of aryl methyl sites for hydroxylation is 1. The highest BCUT2D eigenvalue weighted by atomic mass is 35.5. The van der Waals surface area contributed by atoms with Gasteiger partial charge in [0.1, 0.15) is 5.56 Å². The number of esters is 1. The summed E-state index contributed by atoms with van der Waals surface area (Å²) in [6.07, 6.45) is 3.10. The van der Waals surface area contributed by atoms with E-state index in [9.17, 15) is 4.79 Å². The molecule has 6 heteroatoms. The van der Waals surface area contributed by atoms with Crippen molar-refractivity contribution in [3.63, 3.8) is 0 Å². The third-order valence-electron chi connectivity index (χ3n) is 3.44. The van der Waals surface area contributed by atoms with Crippen molar-refractivity contribution in [1.29, 1.82) is 0 Å². The molecule has 0 spiro atoms. The lowest BCUT2D eigenvalue weighted by Gasteiger charge is -2.12. The first-order valence-electron chi connectivity index (χ1n) is 7.28. The minimum absolute atomic E-state index is 0.0801. The lowest BCUT2D eigenvalue weighted by molar-refractivity contribution is 0.0377. The number of hydrogen-bond acceptors (Lipinski definition) is 4. The summed E-state index contributed by atoms with van der Waals surface area (Å²) in [5.41, 5.74) is 2.31. The van der Waals surface area contributed by atoms with Crippen LogP contribution in [0.15, 0.2) is 36.7 Å². The van der Waals surface area contributed by atoms with Crippen molar-refractivity contribution >= 4 is 28.5 Å². The number of hydrogen-bond donors (Lipinski definition) is 0. The average molecular weight is 330 g/mol. The number of aromatic nitrogens is 3. The Labute approximate surface area is 138 Å². The molecule has 3 aromatic rings. The number of fused-ring (bicyclic) bond motifs is 1. The van der Waals surface area contributed by atoms with Crippen molar-refractivity contribution in [2.45, 2.75) is 26.9 Å². The first-order chi connectivity index (χ1) is 11.0. The lowest BCUT2D eigenvalue weighted by Crippen LogP contribution is -2.15. The van der Waals surface area contributed by atoms with Crippen molar-refractivity contribution in [2.24, 2.45) is 0 Å². The van der Waals surface area contributed by atoms with Gasteiger partial charge in [0.25, 0.3) is 0 Å². The van der Waals surface area contributed by atoms with Crippen molar-refractivity contribution in [2.75, 3.05) is 0 Å². The molecule has 0 unspecified atom stereocenters. The molecule has 0 fully saturated rings. The van der Waals surface area contributed by atoms with Crippen LogP contribution in [0.1, 0.15) is 29.8 Å². The Balaban J connectivity index is 2.22. The fraction of sp³-hybridized carbons (Fsp3) is 0.235. The maximum Gasteiger partial charge on any atom is 0.343 e. The molecule has 0 aliphatic heterocycles. The van der Waals surface area contributed by atoms with Crippen molar-refractivity contribution in [1.82, 2.24) is 14.5 Å². The largest absolute Gasteiger partial charge is 0.459 e. The minimum atomic E-state index is -0.470. The van der Waals surface area contributed by atoms with Crippen LogP contribution in [0.3, 0.4) is 0 Å². The van der Waals surface area contributed by atoms with E-state index in [0.717, 1.165) is 16.5 Å². The summed E-state index contributed by atoms with van der Waals surface area (Å²) in [5, 5.41) is 1.17. The molecule has 3 rings (SSSR count). The first-order valence-corrected chi connectivity index (χ1v) is 7.65. The molecular weight excluding hydrogens is 314 g/mol. The summed E-state index contributed by atoms with van der Waals surface area (Å²) in [7, 11) is 0. The van der Waals surface area contributed by atoms with Gasteiger partial charge in [-0.05, 0) is 44.0 Å². The fourth-order valence-electron chi connectivity index (χ4n) is 2.48. The van der Waals surface area contributed by atoms with Crippen LogP contribution in [0.5, 0.6) is 0 Å². The zero-order valence-corrected chi connectivity index (χ0v) is 13.8. The van der Waals surface area contributed by atoms with Gasteiger partial charge in [0.15, 0.2) is 5.82 Å². The molecular formula is C17H16ClN3O2. The number of ether oxygens (including phenoxy) is 1. The molecule has 0 bridgehead atoms. The van der Waals surface area contributed by atoms with Crippen LogP contribution in [0.25, 0.3) is 16.7 Å². The van der Waals surface area contributed by atoms with Gasteiger partial charge in [0, 0.05) is 17.8 Å². The monoisotopic (exact) mass is 329 g/mol. The molecule has 2 aromatic heterocycles. The van der Waals surface area contributed by atoms with Crippen molar-refractivity contribution in [3.05, 3.63) is 53.1 Å². The standard InChI is InChI=1S/C17H16ClN3O2/c1-10(2)23-16(22)13-8-19-17(18)20-15(13)21-9-11(3)12-6-4-5-7-14(12)21/h4-10H,1-3H3. The highest BCUT2D eigenvalue weighted by Crippen LogP contribution is 2.26. The summed E-state index contributed by atoms with van der Waals surface area (Å²) in [5.74, 6) is -0.0537. The van der Waals surface area contributed by atoms with Crippen LogP contribution >= 0.6 is 11.6 Å². The Morgan fingerprint density at radius 2 is 2.04 bits per heavy atom. The molecule has 0 saturated heterocycles. The van der Waals surface area contributed by atoms with E-state index in [1.165, 1.54) is 6.20 Å². The smallest absolute Gasteiger partial charge is 0.343 e. The van der Waals surface area contributed by atoms with Crippen LogP contribution in [0.4, 0.5) is 0 Å². The van der Waals surface area contributed by atoms with Gasteiger partial charge in [-0.1, -0.05) is 18.2 Å². The molecule has 0 radical (unpaired) electrons. The zero-order chi connectivity index (χ0) is 16.6. The van der Waals surface area contributed by atoms with E-state index in [0.29, 0.717) is 5.82 Å². The molecule has 23 heavy (non-hydrogen) atoms. The van der Waals surface area contributed by atoms with Gasteiger partial charge in [-0.25, -0.2) is 9.78 Å². The average Bonchev–Trinajstić information content (AvgIpc) is 2.84. The van der Waals surface area contributed by atoms with Gasteiger partial charge in [0.05, 0.1) is 11.6 Å². The second kappa shape index (κ2) is 6.01. The summed E-state index contributed by atoms with van der Waals surface area (Å²) < 4.78 is 7.12. The number of carbonyl (C=O) groups excluding carboxylic acids is 1. The second-order valence-corrected chi connectivity index (χ2v) is 5.87. The Bertz CT molecular complexity index is 887. The predicted octanol–water partition coefficient (Wildman–Crippen LogP) is 3.95. The number of carbonyl (C=O) groups is 1. The second-order valence-electron chi connectivity index (χ2n) is 5.53. The van der Waals surface area contributed by atoms with E-state index in [4.69, 9.17) is 16.3 Å². The van der Waals surface area contributed by atoms with Gasteiger partial charge < -0.3 is 9.30 Å². The van der Waals surface area contributed by atoms with Crippen LogP contribution in [-0.4, -0.2) is 26.6 Å². The van der Waals surface area contributed by atoms with Crippen LogP contribution in [0, 0.1) is 6.92 Å². The normalized spacial score (nSPS) is 11.2. The molecule has 0 aliphatic rings. The molecule has 5 nitrogen and oxygen atoms in total. The highest BCUT2D eigenvalue weighted by molar-refractivity contribution is 6.28. The van der Waals surface area contributed by atoms with E-state index < -0.39 is 5.97 Å². The van der Waals surface area contributed by atoms with Gasteiger partial charge in [0.2, 0.25) is 5.28 Å². The number of rotatable bonds is 3. The van der Waals surface area contributed by atoms with Gasteiger partial charge in [-0.3, -0.25) is 0 Å². The third-order valence-corrected chi connectivity index (χ3v) is 3.62. The van der Waals surface area contributed by atoms with Crippen LogP contribution < -0.4 is 0 Å². The maximum atomic E-state index is 12.3. The first kappa shape index (κ1) is 15.5. The minimum Gasteiger partial charge on any atom is -0.459 e. The van der Waals surface area contributed by atoms with Crippen LogP contribution in [0.2, 0.25) is 5.28 Å². The summed E-state index contributed by atoms with van der Waals surface area (Å²) in [6.45, 7) is 5.60. The Morgan fingerprint density at radius 3 is 2.78 bits per heavy atom. The number of benzene rings is 1. The van der Waals surface area contributed by atoms with E-state index in [1.807, 2.05) is 42.0 Å². The molecule has 0 atom stereocenters. The Hall–Kier alpha value is -2.40.